The summed E-state index contributed by atoms with van der Waals surface area (Å²) in [4.78, 5) is 0. The molecular formula is C23H22O2Si. The Hall–Kier alpha value is -2.20. The molecule has 0 heterocycles. The Labute approximate surface area is 156 Å². The third-order valence-corrected chi connectivity index (χ3v) is 5.93. The third-order valence-electron chi connectivity index (χ3n) is 4.61. The van der Waals surface area contributed by atoms with Crippen LogP contribution in [0.5, 0.6) is 0 Å². The first kappa shape index (κ1) is 17.2. The molecule has 0 aromatic heterocycles. The number of ether oxygens (including phenoxy) is 2. The Morgan fingerprint density at radius 2 is 1.27 bits per heavy atom. The first-order chi connectivity index (χ1) is 12.8. The average molecular weight is 359 g/mol. The molecule has 0 atom stereocenters. The molecule has 0 fully saturated rings. The van der Waals surface area contributed by atoms with Crippen molar-refractivity contribution < 1.29 is 9.47 Å². The summed E-state index contributed by atoms with van der Waals surface area (Å²) in [6.45, 7) is 5.35. The molecule has 0 aliphatic rings. The van der Waals surface area contributed by atoms with Crippen LogP contribution >= 0.6 is 0 Å². The zero-order valence-electron chi connectivity index (χ0n) is 15.2. The Balaban J connectivity index is 1.83. The molecule has 3 heteroatoms. The van der Waals surface area contributed by atoms with E-state index in [4.69, 9.17) is 9.47 Å². The predicted molar refractivity (Wildman–Crippen MR) is 111 cm³/mol. The lowest BCUT2D eigenvalue weighted by Gasteiger charge is -2.17. The molecule has 4 aromatic rings. The van der Waals surface area contributed by atoms with Crippen molar-refractivity contribution in [1.29, 1.82) is 0 Å². The van der Waals surface area contributed by atoms with Gasteiger partial charge in [0.25, 0.3) is 0 Å². The number of fused-ring (bicyclic) bond motifs is 3. The standard InChI is InChI=1S/C23H22O2Si/c1-3-24-23(25-4-2)26-22-11-7-10-18-14-19-12-16-8-5-6-9-17(16)13-20(19)15-21(18)22/h5-15,23H,3-4H2,1-2H3. The molecule has 130 valence electrons. The van der Waals surface area contributed by atoms with Gasteiger partial charge in [-0.3, -0.25) is 0 Å². The van der Waals surface area contributed by atoms with Gasteiger partial charge in [0.2, 0.25) is 0 Å². The van der Waals surface area contributed by atoms with Gasteiger partial charge in [-0.15, -0.1) is 0 Å². The number of hydrogen-bond donors (Lipinski definition) is 0. The second-order valence-corrected chi connectivity index (χ2v) is 7.61. The van der Waals surface area contributed by atoms with Gasteiger partial charge >= 0.3 is 0 Å². The number of hydrogen-bond acceptors (Lipinski definition) is 2. The lowest BCUT2D eigenvalue weighted by Crippen LogP contribution is -2.33. The van der Waals surface area contributed by atoms with Gasteiger partial charge in [-0.1, -0.05) is 47.7 Å². The Bertz CT molecular complexity index is 1050. The largest absolute Gasteiger partial charge is 0.357 e. The quantitative estimate of drug-likeness (QED) is 0.279. The highest BCUT2D eigenvalue weighted by Gasteiger charge is 2.13. The fraction of sp³-hybridized carbons (Fsp3) is 0.217. The molecule has 0 aliphatic carbocycles. The second-order valence-electron chi connectivity index (χ2n) is 6.31. The summed E-state index contributed by atoms with van der Waals surface area (Å²) < 4.78 is 11.5. The van der Waals surface area contributed by atoms with E-state index in [-0.39, 0.29) is 5.91 Å². The molecule has 0 aliphatic heterocycles. The Morgan fingerprint density at radius 1 is 0.692 bits per heavy atom. The van der Waals surface area contributed by atoms with E-state index in [1.807, 2.05) is 13.8 Å². The SMILES string of the molecule is CCOC(OCC)[Si]c1cccc2cc3cc4ccccc4cc3cc12. The first-order valence-electron chi connectivity index (χ1n) is 9.13. The lowest BCUT2D eigenvalue weighted by atomic mass is 10.00. The van der Waals surface area contributed by atoms with Crippen LogP contribution in [0, 0.1) is 0 Å². The van der Waals surface area contributed by atoms with Crippen LogP contribution in [0.4, 0.5) is 0 Å². The lowest BCUT2D eigenvalue weighted by molar-refractivity contribution is -0.0817. The van der Waals surface area contributed by atoms with Crippen molar-refractivity contribution >= 4 is 47.0 Å². The molecule has 2 nitrogen and oxygen atoms in total. The highest BCUT2D eigenvalue weighted by atomic mass is 28.2. The number of rotatable bonds is 6. The zero-order valence-corrected chi connectivity index (χ0v) is 16.2. The van der Waals surface area contributed by atoms with E-state index in [1.165, 1.54) is 37.5 Å². The van der Waals surface area contributed by atoms with Crippen LogP contribution < -0.4 is 5.19 Å². The van der Waals surface area contributed by atoms with E-state index in [9.17, 15) is 0 Å². The highest BCUT2D eigenvalue weighted by molar-refractivity contribution is 6.58. The van der Waals surface area contributed by atoms with Crippen LogP contribution in [0.15, 0.2) is 66.7 Å². The van der Waals surface area contributed by atoms with Gasteiger partial charge in [-0.25, -0.2) is 0 Å². The van der Waals surface area contributed by atoms with Gasteiger partial charge in [0.1, 0.15) is 5.91 Å². The van der Waals surface area contributed by atoms with Crippen LogP contribution in [0.25, 0.3) is 32.3 Å². The number of benzene rings is 4. The maximum absolute atomic E-state index is 5.77. The highest BCUT2D eigenvalue weighted by Crippen LogP contribution is 2.26. The van der Waals surface area contributed by atoms with Gasteiger partial charge in [0.15, 0.2) is 9.52 Å². The van der Waals surface area contributed by atoms with Crippen molar-refractivity contribution in [3.05, 3.63) is 66.7 Å². The average Bonchev–Trinajstić information content (AvgIpc) is 2.65. The summed E-state index contributed by atoms with van der Waals surface area (Å²) in [6, 6.07) is 24.2. The molecule has 0 unspecified atom stereocenters. The molecule has 4 rings (SSSR count). The minimum atomic E-state index is -0.164. The van der Waals surface area contributed by atoms with E-state index in [0.717, 1.165) is 0 Å². The molecular weight excluding hydrogens is 336 g/mol. The molecule has 0 saturated heterocycles. The van der Waals surface area contributed by atoms with Gasteiger partial charge in [-0.2, -0.15) is 0 Å². The molecule has 4 aromatic carbocycles. The molecule has 0 bridgehead atoms. The van der Waals surface area contributed by atoms with Crippen LogP contribution in [0.3, 0.4) is 0 Å². The summed E-state index contributed by atoms with van der Waals surface area (Å²) in [7, 11) is 0.471. The fourth-order valence-corrected chi connectivity index (χ4v) is 4.72. The Kier molecular flexibility index (Phi) is 5.02. The molecule has 0 amide bonds. The molecule has 0 N–H and O–H groups in total. The van der Waals surface area contributed by atoms with Gasteiger partial charge in [0, 0.05) is 13.2 Å². The van der Waals surface area contributed by atoms with Crippen LogP contribution in [0.1, 0.15) is 13.8 Å². The maximum atomic E-state index is 5.77. The fourth-order valence-electron chi connectivity index (χ4n) is 3.41. The van der Waals surface area contributed by atoms with Crippen molar-refractivity contribution in [2.45, 2.75) is 19.8 Å². The smallest absolute Gasteiger partial charge is 0.157 e. The summed E-state index contributed by atoms with van der Waals surface area (Å²) in [5.74, 6) is -0.164. The van der Waals surface area contributed by atoms with Crippen molar-refractivity contribution in [1.82, 2.24) is 0 Å². The van der Waals surface area contributed by atoms with E-state index in [1.54, 1.807) is 0 Å². The second kappa shape index (κ2) is 7.58. The van der Waals surface area contributed by atoms with E-state index in [2.05, 4.69) is 66.7 Å². The molecule has 0 saturated carbocycles. The summed E-state index contributed by atoms with van der Waals surface area (Å²) in [5.41, 5.74) is 0. The van der Waals surface area contributed by atoms with Gasteiger partial charge in [-0.05, 0) is 70.4 Å². The van der Waals surface area contributed by atoms with E-state index < -0.39 is 0 Å². The monoisotopic (exact) mass is 358 g/mol. The third kappa shape index (κ3) is 3.38. The van der Waals surface area contributed by atoms with Crippen molar-refractivity contribution in [3.8, 4) is 0 Å². The predicted octanol–water partition coefficient (Wildman–Crippen LogP) is 4.83. The van der Waals surface area contributed by atoms with E-state index in [0.29, 0.717) is 22.7 Å². The first-order valence-corrected chi connectivity index (χ1v) is 10.2. The minimum absolute atomic E-state index is 0.164. The minimum Gasteiger partial charge on any atom is -0.357 e. The van der Waals surface area contributed by atoms with Gasteiger partial charge in [0.05, 0.1) is 0 Å². The van der Waals surface area contributed by atoms with Crippen LogP contribution in [0.2, 0.25) is 0 Å². The zero-order chi connectivity index (χ0) is 17.9. The maximum Gasteiger partial charge on any atom is 0.157 e. The molecule has 0 spiro atoms. The topological polar surface area (TPSA) is 18.5 Å². The normalized spacial score (nSPS) is 11.8. The van der Waals surface area contributed by atoms with Crippen molar-refractivity contribution in [2.75, 3.05) is 13.2 Å². The summed E-state index contributed by atoms with van der Waals surface area (Å²) >= 11 is 0. The summed E-state index contributed by atoms with van der Waals surface area (Å²) in [6.07, 6.45) is 0. The Morgan fingerprint density at radius 3 is 1.92 bits per heavy atom. The van der Waals surface area contributed by atoms with Crippen LogP contribution in [-0.2, 0) is 9.47 Å². The van der Waals surface area contributed by atoms with Crippen molar-refractivity contribution in [3.63, 3.8) is 0 Å². The van der Waals surface area contributed by atoms with Crippen molar-refractivity contribution in [2.24, 2.45) is 0 Å². The van der Waals surface area contributed by atoms with E-state index >= 15 is 0 Å². The molecule has 2 radical (unpaired) electrons. The van der Waals surface area contributed by atoms with Crippen LogP contribution in [-0.4, -0.2) is 28.6 Å². The van der Waals surface area contributed by atoms with Gasteiger partial charge < -0.3 is 9.47 Å². The summed E-state index contributed by atoms with van der Waals surface area (Å²) in [5, 5.41) is 8.97. The molecule has 26 heavy (non-hydrogen) atoms.